The minimum Gasteiger partial charge on any atom is -0.316 e. The lowest BCUT2D eigenvalue weighted by atomic mass is 10.1. The monoisotopic (exact) mass is 392 g/mol. The fraction of sp³-hybridized carbons (Fsp3) is 0.250. The average molecular weight is 393 g/mol. The number of hydrogen-bond acceptors (Lipinski definition) is 4. The highest BCUT2D eigenvalue weighted by Crippen LogP contribution is 2.38. The predicted molar refractivity (Wildman–Crippen MR) is 94.6 cm³/mol. The third kappa shape index (κ3) is 3.22. The lowest BCUT2D eigenvalue weighted by Crippen LogP contribution is -2.14. The molecule has 3 nitrogen and oxygen atoms in total. The van der Waals surface area contributed by atoms with Crippen LogP contribution in [0, 0.1) is 11.3 Å². The normalized spacial score (nSPS) is 12.7. The molecular weight excluding hydrogens is 380 g/mol. The molecule has 0 unspecified atom stereocenters. The van der Waals surface area contributed by atoms with Gasteiger partial charge in [-0.3, -0.25) is 4.79 Å². The van der Waals surface area contributed by atoms with Crippen molar-refractivity contribution >= 4 is 49.9 Å². The molecule has 1 aromatic heterocycles. The topological polar surface area (TPSA) is 52.9 Å². The number of benzene rings is 1. The Hall–Kier alpha value is -1.29. The Morgan fingerprint density at radius 3 is 3.00 bits per heavy atom. The van der Waals surface area contributed by atoms with Gasteiger partial charge in [-0.05, 0) is 52.9 Å². The highest BCUT2D eigenvalue weighted by atomic mass is 79.9. The number of thiophene rings is 1. The number of halogens is 1. The number of thioether (sulfide) groups is 1. The molecule has 6 heteroatoms. The molecule has 22 heavy (non-hydrogen) atoms. The maximum Gasteiger partial charge on any atom is 0.235 e. The van der Waals surface area contributed by atoms with Crippen LogP contribution in [-0.4, -0.2) is 11.7 Å². The number of fused-ring (bicyclic) bond motifs is 1. The van der Waals surface area contributed by atoms with Gasteiger partial charge in [-0.2, -0.15) is 5.26 Å². The van der Waals surface area contributed by atoms with Crippen LogP contribution in [0.3, 0.4) is 0 Å². The smallest absolute Gasteiger partial charge is 0.235 e. The third-order valence-corrected chi connectivity index (χ3v) is 6.72. The summed E-state index contributed by atoms with van der Waals surface area (Å²) < 4.78 is 0.987. The zero-order valence-corrected chi connectivity index (χ0v) is 14.9. The highest BCUT2D eigenvalue weighted by molar-refractivity contribution is 9.10. The summed E-state index contributed by atoms with van der Waals surface area (Å²) in [6, 6.07) is 10.1. The van der Waals surface area contributed by atoms with Crippen LogP contribution in [-0.2, 0) is 17.6 Å². The number of hydrogen-bond donors (Lipinski definition) is 1. The minimum absolute atomic E-state index is 0.0721. The molecule has 1 aromatic carbocycles. The number of nitrogens with zero attached hydrogens (tertiary/aromatic N) is 1. The van der Waals surface area contributed by atoms with Gasteiger partial charge < -0.3 is 5.32 Å². The zero-order chi connectivity index (χ0) is 15.5. The molecule has 0 bridgehead atoms. The van der Waals surface area contributed by atoms with Gasteiger partial charge in [-0.15, -0.1) is 23.1 Å². The van der Waals surface area contributed by atoms with E-state index in [-0.39, 0.29) is 5.91 Å². The zero-order valence-electron chi connectivity index (χ0n) is 11.7. The Labute approximate surface area is 145 Å². The van der Waals surface area contributed by atoms with Crippen LogP contribution in [0.5, 0.6) is 0 Å². The van der Waals surface area contributed by atoms with Crippen LogP contribution in [0.1, 0.15) is 22.4 Å². The Morgan fingerprint density at radius 2 is 2.23 bits per heavy atom. The van der Waals surface area contributed by atoms with Crippen molar-refractivity contribution in [3.8, 4) is 6.07 Å². The van der Waals surface area contributed by atoms with Gasteiger partial charge in [0.1, 0.15) is 11.1 Å². The first-order valence-corrected chi connectivity index (χ1v) is 9.50. The Balaban J connectivity index is 1.66. The van der Waals surface area contributed by atoms with Crippen LogP contribution in [0.25, 0.3) is 0 Å². The van der Waals surface area contributed by atoms with E-state index < -0.39 is 0 Å². The quantitative estimate of drug-likeness (QED) is 0.773. The Bertz CT molecular complexity index is 764. The van der Waals surface area contributed by atoms with E-state index in [0.717, 1.165) is 34.2 Å². The maximum atomic E-state index is 12.1. The number of nitrogens with one attached hydrogen (secondary N) is 1. The van der Waals surface area contributed by atoms with E-state index >= 15 is 0 Å². The van der Waals surface area contributed by atoms with E-state index in [2.05, 4.69) is 27.3 Å². The second-order valence-corrected chi connectivity index (χ2v) is 7.92. The van der Waals surface area contributed by atoms with Crippen LogP contribution in [0.4, 0.5) is 5.00 Å². The summed E-state index contributed by atoms with van der Waals surface area (Å²) in [6.45, 7) is 0. The Morgan fingerprint density at radius 1 is 1.41 bits per heavy atom. The molecule has 0 fully saturated rings. The van der Waals surface area contributed by atoms with Gasteiger partial charge >= 0.3 is 0 Å². The summed E-state index contributed by atoms with van der Waals surface area (Å²) >= 11 is 6.51. The summed E-state index contributed by atoms with van der Waals surface area (Å²) in [5, 5.41) is 12.9. The molecule has 0 atom stereocenters. The molecule has 0 spiro atoms. The van der Waals surface area contributed by atoms with Crippen molar-refractivity contribution < 1.29 is 4.79 Å². The van der Waals surface area contributed by atoms with Gasteiger partial charge in [-0.1, -0.05) is 12.1 Å². The van der Waals surface area contributed by atoms with Gasteiger partial charge in [0.25, 0.3) is 0 Å². The lowest BCUT2D eigenvalue weighted by molar-refractivity contribution is -0.113. The molecule has 1 N–H and O–H groups in total. The largest absolute Gasteiger partial charge is 0.316 e. The van der Waals surface area contributed by atoms with Crippen molar-refractivity contribution in [1.82, 2.24) is 0 Å². The second kappa shape index (κ2) is 6.86. The van der Waals surface area contributed by atoms with E-state index in [9.17, 15) is 10.1 Å². The molecule has 0 aliphatic heterocycles. The molecule has 1 amide bonds. The van der Waals surface area contributed by atoms with Crippen molar-refractivity contribution in [2.75, 3.05) is 11.1 Å². The average Bonchev–Trinajstić information content (AvgIpc) is 3.06. The molecule has 112 valence electrons. The standard InChI is InChI=1S/C16H13BrN2OS2/c17-12-5-1-2-6-14(12)21-9-15(20)19-16-11(8-18)10-4-3-7-13(10)22-16/h1-2,5-6H,3-4,7,9H2,(H,19,20). The van der Waals surface area contributed by atoms with E-state index in [1.807, 2.05) is 24.3 Å². The Kier molecular flexibility index (Phi) is 4.87. The summed E-state index contributed by atoms with van der Waals surface area (Å²) in [4.78, 5) is 14.4. The van der Waals surface area contributed by atoms with Crippen molar-refractivity contribution in [3.05, 3.63) is 44.7 Å². The molecule has 3 rings (SSSR count). The maximum absolute atomic E-state index is 12.1. The fourth-order valence-corrected chi connectivity index (χ4v) is 5.10. The van der Waals surface area contributed by atoms with E-state index in [0.29, 0.717) is 16.3 Å². The second-order valence-electron chi connectivity index (χ2n) is 4.94. The van der Waals surface area contributed by atoms with Crippen molar-refractivity contribution in [2.45, 2.75) is 24.2 Å². The number of carbonyl (C=O) groups excluding carboxylic acids is 1. The van der Waals surface area contributed by atoms with Crippen molar-refractivity contribution in [3.63, 3.8) is 0 Å². The first kappa shape index (κ1) is 15.6. The van der Waals surface area contributed by atoms with Gasteiger partial charge in [0.05, 0.1) is 11.3 Å². The number of anilines is 1. The fourth-order valence-electron chi connectivity index (χ4n) is 2.48. The van der Waals surface area contributed by atoms with Crippen LogP contribution >= 0.6 is 39.0 Å². The van der Waals surface area contributed by atoms with Gasteiger partial charge in [0.15, 0.2) is 0 Å². The molecule has 1 heterocycles. The summed E-state index contributed by atoms with van der Waals surface area (Å²) in [7, 11) is 0. The molecule has 2 aromatic rings. The SMILES string of the molecule is N#Cc1c(NC(=O)CSc2ccccc2Br)sc2c1CCC2. The van der Waals surface area contributed by atoms with Gasteiger partial charge in [0, 0.05) is 14.2 Å². The number of nitriles is 1. The third-order valence-electron chi connectivity index (χ3n) is 3.48. The molecule has 1 aliphatic carbocycles. The minimum atomic E-state index is -0.0721. The summed E-state index contributed by atoms with van der Waals surface area (Å²) in [6.07, 6.45) is 3.09. The molecule has 0 saturated heterocycles. The lowest BCUT2D eigenvalue weighted by Gasteiger charge is -2.05. The molecule has 1 aliphatic rings. The molecule has 0 saturated carbocycles. The van der Waals surface area contributed by atoms with Gasteiger partial charge in [-0.25, -0.2) is 0 Å². The van der Waals surface area contributed by atoms with E-state index in [1.54, 1.807) is 11.3 Å². The molecule has 0 radical (unpaired) electrons. The van der Waals surface area contributed by atoms with E-state index in [4.69, 9.17) is 0 Å². The van der Waals surface area contributed by atoms with E-state index in [1.165, 1.54) is 16.6 Å². The first-order chi connectivity index (χ1) is 10.7. The number of aryl methyl sites for hydroxylation is 1. The number of rotatable bonds is 4. The van der Waals surface area contributed by atoms with Crippen LogP contribution in [0.2, 0.25) is 0 Å². The van der Waals surface area contributed by atoms with Crippen molar-refractivity contribution in [1.29, 1.82) is 5.26 Å². The summed E-state index contributed by atoms with van der Waals surface area (Å²) in [5.74, 6) is 0.257. The van der Waals surface area contributed by atoms with Gasteiger partial charge in [0.2, 0.25) is 5.91 Å². The number of amides is 1. The van der Waals surface area contributed by atoms with Crippen LogP contribution < -0.4 is 5.32 Å². The summed E-state index contributed by atoms with van der Waals surface area (Å²) in [5.41, 5.74) is 1.80. The first-order valence-electron chi connectivity index (χ1n) is 6.91. The highest BCUT2D eigenvalue weighted by Gasteiger charge is 2.23. The van der Waals surface area contributed by atoms with Crippen molar-refractivity contribution in [2.24, 2.45) is 0 Å². The van der Waals surface area contributed by atoms with Crippen LogP contribution in [0.15, 0.2) is 33.6 Å². The molecular formula is C16H13BrN2OS2. The number of carbonyl (C=O) groups is 1. The predicted octanol–water partition coefficient (Wildman–Crippen LogP) is 4.60.